The van der Waals surface area contributed by atoms with E-state index in [0.717, 1.165) is 30.9 Å². The number of thiophene rings is 1. The van der Waals surface area contributed by atoms with Gasteiger partial charge in [-0.3, -0.25) is 4.79 Å². The molecule has 1 saturated heterocycles. The van der Waals surface area contributed by atoms with Crippen molar-refractivity contribution < 1.29 is 4.79 Å². The minimum Gasteiger partial charge on any atom is -0.338 e. The van der Waals surface area contributed by atoms with E-state index in [0.29, 0.717) is 5.92 Å². The van der Waals surface area contributed by atoms with Crippen molar-refractivity contribution >= 4 is 17.2 Å². The SMILES string of the molecule is CNC[C@H]1CCCN(C(=O)c2cc(C)c(C)s2)C1. The van der Waals surface area contributed by atoms with E-state index in [1.807, 2.05) is 18.0 Å². The van der Waals surface area contributed by atoms with E-state index in [9.17, 15) is 4.79 Å². The van der Waals surface area contributed by atoms with Gasteiger partial charge in [-0.25, -0.2) is 0 Å². The van der Waals surface area contributed by atoms with Crippen molar-refractivity contribution in [3.05, 3.63) is 21.4 Å². The molecule has 0 aromatic carbocycles. The topological polar surface area (TPSA) is 32.3 Å². The maximum atomic E-state index is 12.4. The Hall–Kier alpha value is -0.870. The molecule has 0 spiro atoms. The molecule has 2 rings (SSSR count). The summed E-state index contributed by atoms with van der Waals surface area (Å²) in [6.45, 7) is 6.97. The van der Waals surface area contributed by atoms with Gasteiger partial charge in [0.1, 0.15) is 0 Å². The van der Waals surface area contributed by atoms with Crippen molar-refractivity contribution in [1.82, 2.24) is 10.2 Å². The van der Waals surface area contributed by atoms with Crippen molar-refractivity contribution in [2.45, 2.75) is 26.7 Å². The van der Waals surface area contributed by atoms with E-state index in [1.165, 1.54) is 16.9 Å². The monoisotopic (exact) mass is 266 g/mol. The Morgan fingerprint density at radius 3 is 2.94 bits per heavy atom. The maximum Gasteiger partial charge on any atom is 0.263 e. The van der Waals surface area contributed by atoms with E-state index >= 15 is 0 Å². The highest BCUT2D eigenvalue weighted by atomic mass is 32.1. The van der Waals surface area contributed by atoms with Gasteiger partial charge in [-0.05, 0) is 57.8 Å². The van der Waals surface area contributed by atoms with Gasteiger partial charge in [0.25, 0.3) is 5.91 Å². The van der Waals surface area contributed by atoms with Gasteiger partial charge in [-0.1, -0.05) is 0 Å². The summed E-state index contributed by atoms with van der Waals surface area (Å²) < 4.78 is 0. The third-order valence-corrected chi connectivity index (χ3v) is 4.82. The number of nitrogens with one attached hydrogen (secondary N) is 1. The first-order chi connectivity index (χ1) is 8.61. The molecule has 1 aliphatic heterocycles. The molecule has 2 heterocycles. The molecular formula is C14H22N2OS. The first kappa shape index (κ1) is 13.6. The molecule has 0 bridgehead atoms. The van der Waals surface area contributed by atoms with Gasteiger partial charge in [0.05, 0.1) is 4.88 Å². The Bertz CT molecular complexity index is 406. The molecule has 1 aromatic heterocycles. The zero-order valence-electron chi connectivity index (χ0n) is 11.5. The fraction of sp³-hybridized carbons (Fsp3) is 0.643. The number of likely N-dealkylation sites (tertiary alicyclic amines) is 1. The molecule has 1 fully saturated rings. The van der Waals surface area contributed by atoms with Crippen LogP contribution in [0.15, 0.2) is 6.07 Å². The zero-order valence-corrected chi connectivity index (χ0v) is 12.3. The van der Waals surface area contributed by atoms with Crippen molar-refractivity contribution in [2.24, 2.45) is 5.92 Å². The van der Waals surface area contributed by atoms with Crippen LogP contribution < -0.4 is 5.32 Å². The first-order valence-corrected chi connectivity index (χ1v) is 7.44. The number of carbonyl (C=O) groups is 1. The number of hydrogen-bond acceptors (Lipinski definition) is 3. The molecule has 1 aliphatic rings. The minimum atomic E-state index is 0.219. The van der Waals surface area contributed by atoms with Gasteiger partial charge in [-0.2, -0.15) is 0 Å². The first-order valence-electron chi connectivity index (χ1n) is 6.62. The number of rotatable bonds is 3. The lowest BCUT2D eigenvalue weighted by Crippen LogP contribution is -2.42. The van der Waals surface area contributed by atoms with Crippen molar-refractivity contribution in [1.29, 1.82) is 0 Å². The molecule has 4 heteroatoms. The highest BCUT2D eigenvalue weighted by Gasteiger charge is 2.25. The number of carbonyl (C=O) groups excluding carboxylic acids is 1. The maximum absolute atomic E-state index is 12.4. The summed E-state index contributed by atoms with van der Waals surface area (Å²) in [6, 6.07) is 2.03. The number of hydrogen-bond donors (Lipinski definition) is 1. The van der Waals surface area contributed by atoms with Crippen molar-refractivity contribution in [2.75, 3.05) is 26.7 Å². The fourth-order valence-electron chi connectivity index (χ4n) is 2.54. The standard InChI is InChI=1S/C14H22N2OS/c1-10-7-13(18-11(10)2)14(17)16-6-4-5-12(9-16)8-15-3/h7,12,15H,4-6,8-9H2,1-3H3/t12-/m1/s1. The molecule has 0 unspecified atom stereocenters. The molecule has 0 aliphatic carbocycles. The summed E-state index contributed by atoms with van der Waals surface area (Å²) in [5.74, 6) is 0.826. The van der Waals surface area contributed by atoms with Crippen LogP contribution in [0, 0.1) is 19.8 Å². The van der Waals surface area contributed by atoms with E-state index in [1.54, 1.807) is 11.3 Å². The van der Waals surface area contributed by atoms with E-state index in [4.69, 9.17) is 0 Å². The van der Waals surface area contributed by atoms with Crippen LogP contribution >= 0.6 is 11.3 Å². The largest absolute Gasteiger partial charge is 0.338 e. The highest BCUT2D eigenvalue weighted by Crippen LogP contribution is 2.24. The molecule has 100 valence electrons. The summed E-state index contributed by atoms with van der Waals surface area (Å²) in [4.78, 5) is 16.6. The number of amides is 1. The van der Waals surface area contributed by atoms with Crippen LogP contribution in [0.3, 0.4) is 0 Å². The predicted molar refractivity (Wildman–Crippen MR) is 76.3 cm³/mol. The Morgan fingerprint density at radius 2 is 2.33 bits per heavy atom. The third kappa shape index (κ3) is 2.93. The van der Waals surface area contributed by atoms with Gasteiger partial charge < -0.3 is 10.2 Å². The van der Waals surface area contributed by atoms with Crippen molar-refractivity contribution in [3.8, 4) is 0 Å². The van der Waals surface area contributed by atoms with Gasteiger partial charge in [0, 0.05) is 18.0 Å². The zero-order chi connectivity index (χ0) is 13.1. The predicted octanol–water partition coefficient (Wildman–Crippen LogP) is 2.44. The molecule has 1 N–H and O–H groups in total. The Morgan fingerprint density at radius 1 is 1.56 bits per heavy atom. The second-order valence-electron chi connectivity index (χ2n) is 5.17. The van der Waals surface area contributed by atoms with E-state index < -0.39 is 0 Å². The van der Waals surface area contributed by atoms with Crippen LogP contribution in [0.4, 0.5) is 0 Å². The average molecular weight is 266 g/mol. The molecular weight excluding hydrogens is 244 g/mol. The number of aryl methyl sites for hydroxylation is 2. The van der Waals surface area contributed by atoms with Crippen LogP contribution in [0.25, 0.3) is 0 Å². The number of piperidine rings is 1. The highest BCUT2D eigenvalue weighted by molar-refractivity contribution is 7.14. The summed E-state index contributed by atoms with van der Waals surface area (Å²) in [6.07, 6.45) is 2.36. The van der Waals surface area contributed by atoms with Gasteiger partial charge in [0.2, 0.25) is 0 Å². The average Bonchev–Trinajstić information content (AvgIpc) is 2.69. The quantitative estimate of drug-likeness (QED) is 0.911. The second-order valence-corrected chi connectivity index (χ2v) is 6.42. The van der Waals surface area contributed by atoms with Crippen LogP contribution in [0.2, 0.25) is 0 Å². The smallest absolute Gasteiger partial charge is 0.263 e. The molecule has 0 radical (unpaired) electrons. The second kappa shape index (κ2) is 5.85. The van der Waals surface area contributed by atoms with Crippen LogP contribution in [-0.2, 0) is 0 Å². The Kier molecular flexibility index (Phi) is 4.40. The lowest BCUT2D eigenvalue weighted by Gasteiger charge is -2.32. The van der Waals surface area contributed by atoms with Gasteiger partial charge >= 0.3 is 0 Å². The van der Waals surface area contributed by atoms with Gasteiger partial charge in [-0.15, -0.1) is 11.3 Å². The lowest BCUT2D eigenvalue weighted by molar-refractivity contribution is 0.0679. The van der Waals surface area contributed by atoms with Crippen LogP contribution in [-0.4, -0.2) is 37.5 Å². The normalized spacial score (nSPS) is 20.2. The summed E-state index contributed by atoms with van der Waals surface area (Å²) in [5, 5.41) is 3.21. The number of nitrogens with zero attached hydrogens (tertiary/aromatic N) is 1. The molecule has 0 saturated carbocycles. The lowest BCUT2D eigenvalue weighted by atomic mass is 9.98. The summed E-state index contributed by atoms with van der Waals surface area (Å²) >= 11 is 1.62. The molecule has 1 aromatic rings. The van der Waals surface area contributed by atoms with E-state index in [-0.39, 0.29) is 5.91 Å². The minimum absolute atomic E-state index is 0.219. The van der Waals surface area contributed by atoms with Crippen LogP contribution in [0.5, 0.6) is 0 Å². The van der Waals surface area contributed by atoms with Crippen molar-refractivity contribution in [3.63, 3.8) is 0 Å². The molecule has 1 atom stereocenters. The molecule has 18 heavy (non-hydrogen) atoms. The van der Waals surface area contributed by atoms with Gasteiger partial charge in [0.15, 0.2) is 0 Å². The Labute approximate surface area is 113 Å². The molecule has 3 nitrogen and oxygen atoms in total. The summed E-state index contributed by atoms with van der Waals surface area (Å²) in [5.41, 5.74) is 1.23. The third-order valence-electron chi connectivity index (χ3n) is 3.68. The van der Waals surface area contributed by atoms with E-state index in [2.05, 4.69) is 19.2 Å². The Balaban J connectivity index is 2.04. The summed E-state index contributed by atoms with van der Waals surface area (Å²) in [7, 11) is 1.98. The van der Waals surface area contributed by atoms with Crippen LogP contribution in [0.1, 0.15) is 33.0 Å². The fourth-order valence-corrected chi connectivity index (χ4v) is 3.54. The molecule has 1 amide bonds.